The molecule has 1 unspecified atom stereocenters. The van der Waals surface area contributed by atoms with Gasteiger partial charge in [0.1, 0.15) is 0 Å². The summed E-state index contributed by atoms with van der Waals surface area (Å²) >= 11 is 3.47. The lowest BCUT2D eigenvalue weighted by molar-refractivity contribution is -0.121. The number of amides is 1. The number of rotatable bonds is 4. The largest absolute Gasteiger partial charge is 0.311 e. The van der Waals surface area contributed by atoms with Crippen LogP contribution in [0.25, 0.3) is 0 Å². The van der Waals surface area contributed by atoms with Gasteiger partial charge in [-0.15, -0.1) is 0 Å². The highest BCUT2D eigenvalue weighted by atomic mass is 79.9. The number of carbonyl (C=O) groups is 1. The van der Waals surface area contributed by atoms with Gasteiger partial charge in [-0.05, 0) is 56.5 Å². The maximum Gasteiger partial charge on any atom is 0.244 e. The van der Waals surface area contributed by atoms with E-state index in [-0.39, 0.29) is 11.9 Å². The molecule has 1 aromatic carbocycles. The molecule has 19 heavy (non-hydrogen) atoms. The van der Waals surface area contributed by atoms with Crippen LogP contribution in [0.3, 0.4) is 0 Å². The van der Waals surface area contributed by atoms with Gasteiger partial charge in [0.25, 0.3) is 0 Å². The van der Waals surface area contributed by atoms with Gasteiger partial charge >= 0.3 is 0 Å². The Bertz CT molecular complexity index is 461. The first-order valence-electron chi connectivity index (χ1n) is 6.94. The van der Waals surface area contributed by atoms with Gasteiger partial charge in [0.15, 0.2) is 0 Å². The number of hydrogen-bond acceptors (Lipinski definition) is 2. The van der Waals surface area contributed by atoms with Gasteiger partial charge in [-0.2, -0.15) is 0 Å². The van der Waals surface area contributed by atoms with Crippen molar-refractivity contribution in [2.75, 3.05) is 18.0 Å². The highest BCUT2D eigenvalue weighted by molar-refractivity contribution is 9.10. The van der Waals surface area contributed by atoms with Crippen molar-refractivity contribution in [2.45, 2.75) is 39.2 Å². The molecule has 0 aromatic heterocycles. The summed E-state index contributed by atoms with van der Waals surface area (Å²) in [5.74, 6) is 0.213. The molecular formula is C15H21BrN2O. The molecule has 2 rings (SSSR count). The van der Waals surface area contributed by atoms with Gasteiger partial charge in [-0.3, -0.25) is 4.79 Å². The van der Waals surface area contributed by atoms with Crippen molar-refractivity contribution in [2.24, 2.45) is 0 Å². The van der Waals surface area contributed by atoms with Crippen LogP contribution in [-0.2, 0) is 4.79 Å². The van der Waals surface area contributed by atoms with Crippen molar-refractivity contribution in [1.29, 1.82) is 0 Å². The Labute approximate surface area is 123 Å². The summed E-state index contributed by atoms with van der Waals surface area (Å²) in [4.78, 5) is 14.4. The Kier molecular flexibility index (Phi) is 4.99. The number of benzene rings is 1. The second-order valence-electron chi connectivity index (χ2n) is 5.07. The van der Waals surface area contributed by atoms with E-state index in [4.69, 9.17) is 0 Å². The Morgan fingerprint density at radius 1 is 1.47 bits per heavy atom. The molecule has 1 amide bonds. The van der Waals surface area contributed by atoms with Crippen LogP contribution in [0.2, 0.25) is 0 Å². The maximum absolute atomic E-state index is 12.5. The fourth-order valence-electron chi connectivity index (χ4n) is 2.54. The van der Waals surface area contributed by atoms with Crippen molar-refractivity contribution in [1.82, 2.24) is 5.32 Å². The summed E-state index contributed by atoms with van der Waals surface area (Å²) in [5.41, 5.74) is 2.18. The third-order valence-electron chi connectivity index (χ3n) is 3.53. The third kappa shape index (κ3) is 3.37. The number of piperidine rings is 1. The van der Waals surface area contributed by atoms with E-state index < -0.39 is 0 Å². The number of aryl methyl sites for hydroxylation is 1. The van der Waals surface area contributed by atoms with E-state index in [1.165, 1.54) is 0 Å². The topological polar surface area (TPSA) is 32.3 Å². The smallest absolute Gasteiger partial charge is 0.244 e. The zero-order valence-corrected chi connectivity index (χ0v) is 13.2. The zero-order valence-electron chi connectivity index (χ0n) is 11.6. The number of hydrogen-bond donors (Lipinski definition) is 1. The van der Waals surface area contributed by atoms with Crippen LogP contribution in [0.15, 0.2) is 22.7 Å². The van der Waals surface area contributed by atoms with E-state index in [2.05, 4.69) is 41.2 Å². The van der Waals surface area contributed by atoms with E-state index in [9.17, 15) is 4.79 Å². The van der Waals surface area contributed by atoms with Crippen LogP contribution < -0.4 is 10.2 Å². The van der Waals surface area contributed by atoms with Crippen molar-refractivity contribution in [3.8, 4) is 0 Å². The second-order valence-corrected chi connectivity index (χ2v) is 5.99. The van der Waals surface area contributed by atoms with Gasteiger partial charge in [0.05, 0.1) is 6.04 Å². The average molecular weight is 325 g/mol. The Balaban J connectivity index is 2.17. The Hall–Kier alpha value is -0.870. The Morgan fingerprint density at radius 2 is 2.26 bits per heavy atom. The fourth-order valence-corrected chi connectivity index (χ4v) is 3.02. The fraction of sp³-hybridized carbons (Fsp3) is 0.533. The van der Waals surface area contributed by atoms with Crippen molar-refractivity contribution in [3.63, 3.8) is 0 Å². The van der Waals surface area contributed by atoms with E-state index in [1.807, 2.05) is 17.0 Å². The van der Waals surface area contributed by atoms with E-state index >= 15 is 0 Å². The molecule has 1 fully saturated rings. The van der Waals surface area contributed by atoms with Gasteiger partial charge in [0, 0.05) is 16.7 Å². The summed E-state index contributed by atoms with van der Waals surface area (Å²) in [7, 11) is 0. The minimum atomic E-state index is -0.0169. The summed E-state index contributed by atoms with van der Waals surface area (Å²) in [5, 5.41) is 3.35. The highest BCUT2D eigenvalue weighted by Gasteiger charge is 2.29. The van der Waals surface area contributed by atoms with Gasteiger partial charge in [-0.1, -0.05) is 22.9 Å². The average Bonchev–Trinajstić information content (AvgIpc) is 2.38. The molecule has 1 aromatic rings. The van der Waals surface area contributed by atoms with Crippen LogP contribution in [0.1, 0.15) is 31.7 Å². The molecule has 1 saturated heterocycles. The Morgan fingerprint density at radius 3 is 2.95 bits per heavy atom. The molecule has 3 nitrogen and oxygen atoms in total. The van der Waals surface area contributed by atoms with Crippen molar-refractivity contribution < 1.29 is 4.79 Å². The number of anilines is 1. The normalized spacial score (nSPS) is 19.8. The van der Waals surface area contributed by atoms with Crippen LogP contribution in [0.4, 0.5) is 5.69 Å². The summed E-state index contributed by atoms with van der Waals surface area (Å²) < 4.78 is 1.05. The molecule has 4 heteroatoms. The van der Waals surface area contributed by atoms with Gasteiger partial charge < -0.3 is 10.2 Å². The number of nitrogens with zero attached hydrogens (tertiary/aromatic N) is 1. The van der Waals surface area contributed by atoms with Crippen LogP contribution in [0.5, 0.6) is 0 Å². The lowest BCUT2D eigenvalue weighted by Gasteiger charge is -2.33. The third-order valence-corrected chi connectivity index (χ3v) is 4.02. The number of nitrogens with one attached hydrogen (secondary N) is 1. The molecule has 1 heterocycles. The van der Waals surface area contributed by atoms with Crippen LogP contribution >= 0.6 is 15.9 Å². The second kappa shape index (κ2) is 6.53. The lowest BCUT2D eigenvalue weighted by Crippen LogP contribution is -2.51. The molecule has 104 valence electrons. The summed E-state index contributed by atoms with van der Waals surface area (Å²) in [6.45, 7) is 5.91. The van der Waals surface area contributed by atoms with Crippen LogP contribution in [-0.4, -0.2) is 25.0 Å². The SMILES string of the molecule is CCCNC1CCCN(c2ccc(Br)cc2C)C1=O. The van der Waals surface area contributed by atoms with E-state index in [1.54, 1.807) is 0 Å². The molecule has 0 spiro atoms. The summed E-state index contributed by atoms with van der Waals surface area (Å²) in [6, 6.07) is 6.07. The quantitative estimate of drug-likeness (QED) is 0.922. The molecule has 1 atom stereocenters. The van der Waals surface area contributed by atoms with Gasteiger partial charge in [0.2, 0.25) is 5.91 Å². The molecular weight excluding hydrogens is 304 g/mol. The molecule has 1 aliphatic heterocycles. The zero-order chi connectivity index (χ0) is 13.8. The monoisotopic (exact) mass is 324 g/mol. The molecule has 0 aliphatic carbocycles. The molecule has 1 N–H and O–H groups in total. The highest BCUT2D eigenvalue weighted by Crippen LogP contribution is 2.27. The molecule has 0 bridgehead atoms. The van der Waals surface area contributed by atoms with Crippen LogP contribution in [0, 0.1) is 6.92 Å². The minimum Gasteiger partial charge on any atom is -0.311 e. The molecule has 0 radical (unpaired) electrons. The van der Waals surface area contributed by atoms with E-state index in [0.29, 0.717) is 0 Å². The number of carbonyl (C=O) groups excluding carboxylic acids is 1. The standard InChI is InChI=1S/C15H21BrN2O/c1-3-8-17-13-5-4-9-18(15(13)19)14-7-6-12(16)10-11(14)2/h6-7,10,13,17H,3-5,8-9H2,1-2H3. The van der Waals surface area contributed by atoms with E-state index in [0.717, 1.165) is 48.1 Å². The van der Waals surface area contributed by atoms with Crippen molar-refractivity contribution in [3.05, 3.63) is 28.2 Å². The number of halogens is 1. The minimum absolute atomic E-state index is 0.0169. The lowest BCUT2D eigenvalue weighted by atomic mass is 10.0. The molecule has 0 saturated carbocycles. The predicted octanol–water partition coefficient (Wildman–Crippen LogP) is 3.25. The first kappa shape index (κ1) is 14.5. The first-order chi connectivity index (χ1) is 9.13. The predicted molar refractivity (Wildman–Crippen MR) is 82.5 cm³/mol. The van der Waals surface area contributed by atoms with Crippen molar-refractivity contribution >= 4 is 27.5 Å². The maximum atomic E-state index is 12.5. The summed E-state index contributed by atoms with van der Waals surface area (Å²) in [6.07, 6.45) is 3.06. The molecule has 1 aliphatic rings. The van der Waals surface area contributed by atoms with Gasteiger partial charge in [-0.25, -0.2) is 0 Å². The first-order valence-corrected chi connectivity index (χ1v) is 7.73.